The number of aromatic nitrogens is 5. The van der Waals surface area contributed by atoms with Crippen LogP contribution in [-0.4, -0.2) is 48.6 Å². The number of alkyl halides is 3. The van der Waals surface area contributed by atoms with Gasteiger partial charge in [0.25, 0.3) is 5.91 Å². The molecule has 4 heterocycles. The molecule has 0 unspecified atom stereocenters. The molecule has 8 nitrogen and oxygen atoms in total. The number of nitrogens with zero attached hydrogens (tertiary/aromatic N) is 6. The SMILES string of the molecule is CCCCn1c(C(=O)N(CC)CC)cc2cc(-c3cc(-c4noc(C(F)(F)F)n4)ccn3)ncc21. The van der Waals surface area contributed by atoms with Crippen LogP contribution in [0.4, 0.5) is 13.2 Å². The number of fused-ring (bicyclic) bond motifs is 1. The Labute approximate surface area is 199 Å². The van der Waals surface area contributed by atoms with Crippen LogP contribution in [0.2, 0.25) is 0 Å². The van der Waals surface area contributed by atoms with Crippen molar-refractivity contribution in [3.05, 3.63) is 48.2 Å². The molecule has 0 atom stereocenters. The third-order valence-electron chi connectivity index (χ3n) is 5.74. The van der Waals surface area contributed by atoms with Gasteiger partial charge in [-0.25, -0.2) is 0 Å². The highest BCUT2D eigenvalue weighted by Gasteiger charge is 2.38. The van der Waals surface area contributed by atoms with Crippen molar-refractivity contribution in [2.24, 2.45) is 0 Å². The van der Waals surface area contributed by atoms with Gasteiger partial charge < -0.3 is 14.0 Å². The van der Waals surface area contributed by atoms with Gasteiger partial charge >= 0.3 is 12.1 Å². The number of halogens is 3. The fourth-order valence-corrected chi connectivity index (χ4v) is 3.87. The van der Waals surface area contributed by atoms with Crippen LogP contribution < -0.4 is 0 Å². The number of pyridine rings is 2. The standard InChI is InChI=1S/C24H25F3N6O2/c1-4-7-10-33-19(22(34)32(5-2)6-3)13-16-12-18(29-14-20(16)33)17-11-15(8-9-28-17)21-30-23(35-31-21)24(25,26)27/h8-9,11-14H,4-7,10H2,1-3H3. The third-order valence-corrected chi connectivity index (χ3v) is 5.74. The van der Waals surface area contributed by atoms with Gasteiger partial charge in [0.15, 0.2) is 0 Å². The molecule has 0 aliphatic carbocycles. The Balaban J connectivity index is 1.74. The highest BCUT2D eigenvalue weighted by atomic mass is 19.4. The number of carbonyl (C=O) groups excluding carboxylic acids is 1. The molecule has 0 spiro atoms. The third kappa shape index (κ3) is 4.89. The van der Waals surface area contributed by atoms with E-state index in [0.29, 0.717) is 42.3 Å². The van der Waals surface area contributed by atoms with Crippen LogP contribution in [-0.2, 0) is 12.7 Å². The van der Waals surface area contributed by atoms with Gasteiger partial charge in [-0.1, -0.05) is 18.5 Å². The minimum absolute atomic E-state index is 0.0402. The first-order valence-electron chi connectivity index (χ1n) is 11.4. The Morgan fingerprint density at radius 2 is 1.83 bits per heavy atom. The van der Waals surface area contributed by atoms with E-state index in [1.165, 1.54) is 12.3 Å². The summed E-state index contributed by atoms with van der Waals surface area (Å²) in [7, 11) is 0. The molecule has 0 radical (unpaired) electrons. The summed E-state index contributed by atoms with van der Waals surface area (Å²) < 4.78 is 44.8. The predicted octanol–water partition coefficient (Wildman–Crippen LogP) is 5.45. The van der Waals surface area contributed by atoms with Crippen LogP contribution >= 0.6 is 0 Å². The van der Waals surface area contributed by atoms with E-state index < -0.39 is 12.1 Å². The number of hydrogen-bond acceptors (Lipinski definition) is 6. The van der Waals surface area contributed by atoms with Gasteiger partial charge in [-0.15, -0.1) is 0 Å². The molecular formula is C24H25F3N6O2. The van der Waals surface area contributed by atoms with Gasteiger partial charge in [0.2, 0.25) is 5.82 Å². The van der Waals surface area contributed by atoms with E-state index in [0.717, 1.165) is 23.7 Å². The van der Waals surface area contributed by atoms with Gasteiger partial charge in [0.05, 0.1) is 23.1 Å². The Bertz CT molecular complexity index is 1340. The molecule has 4 aromatic heterocycles. The van der Waals surface area contributed by atoms with Crippen molar-refractivity contribution in [2.45, 2.75) is 46.3 Å². The number of hydrogen-bond donors (Lipinski definition) is 0. The lowest BCUT2D eigenvalue weighted by molar-refractivity contribution is -0.159. The number of aryl methyl sites for hydroxylation is 1. The molecule has 0 saturated carbocycles. The smallest absolute Gasteiger partial charge is 0.338 e. The molecule has 0 aliphatic heterocycles. The maximum Gasteiger partial charge on any atom is 0.471 e. The lowest BCUT2D eigenvalue weighted by atomic mass is 10.1. The van der Waals surface area contributed by atoms with Gasteiger partial charge in [-0.2, -0.15) is 18.2 Å². The predicted molar refractivity (Wildman–Crippen MR) is 123 cm³/mol. The molecule has 4 rings (SSSR count). The molecule has 0 fully saturated rings. The Hall–Kier alpha value is -3.76. The van der Waals surface area contributed by atoms with Crippen molar-refractivity contribution in [2.75, 3.05) is 13.1 Å². The first kappa shape index (κ1) is 24.4. The van der Waals surface area contributed by atoms with Gasteiger partial charge in [-0.3, -0.25) is 14.8 Å². The first-order valence-corrected chi connectivity index (χ1v) is 11.4. The van der Waals surface area contributed by atoms with Gasteiger partial charge in [0, 0.05) is 36.8 Å². The van der Waals surface area contributed by atoms with E-state index >= 15 is 0 Å². The average molecular weight is 486 g/mol. The van der Waals surface area contributed by atoms with Crippen LogP contribution in [0, 0.1) is 0 Å². The van der Waals surface area contributed by atoms with E-state index in [1.807, 2.05) is 30.5 Å². The van der Waals surface area contributed by atoms with Crippen LogP contribution in [0.5, 0.6) is 0 Å². The second-order valence-electron chi connectivity index (χ2n) is 7.99. The number of amides is 1. The summed E-state index contributed by atoms with van der Waals surface area (Å²) in [5, 5.41) is 4.26. The lowest BCUT2D eigenvalue weighted by Gasteiger charge is -2.20. The summed E-state index contributed by atoms with van der Waals surface area (Å²) in [4.78, 5) is 27.2. The van der Waals surface area contributed by atoms with Crippen molar-refractivity contribution in [1.29, 1.82) is 0 Å². The zero-order valence-corrected chi connectivity index (χ0v) is 19.6. The minimum Gasteiger partial charge on any atom is -0.338 e. The molecule has 0 N–H and O–H groups in total. The zero-order chi connectivity index (χ0) is 25.2. The Kier molecular flexibility index (Phi) is 6.86. The van der Waals surface area contributed by atoms with Gasteiger partial charge in [-0.05, 0) is 44.5 Å². The molecule has 0 saturated heterocycles. The number of carbonyl (C=O) groups is 1. The maximum absolute atomic E-state index is 13.2. The van der Waals surface area contributed by atoms with Crippen LogP contribution in [0.1, 0.15) is 50.0 Å². The molecule has 0 aliphatic rings. The molecule has 0 bridgehead atoms. The van der Waals surface area contributed by atoms with Crippen molar-refractivity contribution in [3.63, 3.8) is 0 Å². The fourth-order valence-electron chi connectivity index (χ4n) is 3.87. The van der Waals surface area contributed by atoms with Crippen molar-refractivity contribution < 1.29 is 22.5 Å². The molecule has 1 amide bonds. The fraction of sp³-hybridized carbons (Fsp3) is 0.375. The Morgan fingerprint density at radius 3 is 2.49 bits per heavy atom. The summed E-state index contributed by atoms with van der Waals surface area (Å²) in [5.74, 6) is -1.65. The van der Waals surface area contributed by atoms with Crippen molar-refractivity contribution in [3.8, 4) is 22.8 Å². The first-order chi connectivity index (χ1) is 16.8. The monoisotopic (exact) mass is 486 g/mol. The summed E-state index contributed by atoms with van der Waals surface area (Å²) >= 11 is 0. The second-order valence-corrected chi connectivity index (χ2v) is 7.99. The molecule has 4 aromatic rings. The summed E-state index contributed by atoms with van der Waals surface area (Å²) in [6, 6.07) is 6.72. The highest BCUT2D eigenvalue weighted by Crippen LogP contribution is 2.31. The van der Waals surface area contributed by atoms with E-state index in [-0.39, 0.29) is 11.7 Å². The number of rotatable bonds is 8. The zero-order valence-electron chi connectivity index (χ0n) is 19.6. The van der Waals surface area contributed by atoms with Crippen LogP contribution in [0.3, 0.4) is 0 Å². The lowest BCUT2D eigenvalue weighted by Crippen LogP contribution is -2.32. The van der Waals surface area contributed by atoms with Crippen molar-refractivity contribution >= 4 is 16.8 Å². The largest absolute Gasteiger partial charge is 0.471 e. The van der Waals surface area contributed by atoms with Crippen LogP contribution in [0.25, 0.3) is 33.7 Å². The molecule has 0 aromatic carbocycles. The van der Waals surface area contributed by atoms with Gasteiger partial charge in [0.1, 0.15) is 5.69 Å². The normalized spacial score (nSPS) is 11.8. The minimum atomic E-state index is -4.72. The second kappa shape index (κ2) is 9.85. The Morgan fingerprint density at radius 1 is 1.09 bits per heavy atom. The average Bonchev–Trinajstić information content (AvgIpc) is 3.49. The summed E-state index contributed by atoms with van der Waals surface area (Å²) in [6.07, 6.45) is 0.315. The molecular weight excluding hydrogens is 461 g/mol. The van der Waals surface area contributed by atoms with E-state index in [4.69, 9.17) is 0 Å². The molecule has 35 heavy (non-hydrogen) atoms. The summed E-state index contributed by atoms with van der Waals surface area (Å²) in [6.45, 7) is 7.89. The quantitative estimate of drug-likeness (QED) is 0.329. The number of unbranched alkanes of at least 4 members (excludes halogenated alkanes) is 1. The van der Waals surface area contributed by atoms with E-state index in [9.17, 15) is 18.0 Å². The summed E-state index contributed by atoms with van der Waals surface area (Å²) in [5.41, 5.74) is 2.69. The van der Waals surface area contributed by atoms with E-state index in [1.54, 1.807) is 17.2 Å². The molecule has 184 valence electrons. The highest BCUT2D eigenvalue weighted by molar-refractivity contribution is 5.99. The van der Waals surface area contributed by atoms with Crippen molar-refractivity contribution in [1.82, 2.24) is 29.6 Å². The van der Waals surface area contributed by atoms with E-state index in [2.05, 4.69) is 31.6 Å². The maximum atomic E-state index is 13.2. The van der Waals surface area contributed by atoms with Crippen LogP contribution in [0.15, 0.2) is 41.2 Å². The molecule has 11 heteroatoms. The topological polar surface area (TPSA) is 89.9 Å².